The average molecular weight is 301 g/mol. The van der Waals surface area contributed by atoms with Crippen molar-refractivity contribution < 1.29 is 4.79 Å². The predicted molar refractivity (Wildman–Crippen MR) is 90.5 cm³/mol. The molecule has 110 valence electrons. The molecule has 0 aliphatic carbocycles. The van der Waals surface area contributed by atoms with E-state index >= 15 is 0 Å². The molecule has 0 amide bonds. The standard InChI is InChI=1S/C19H21ClO/c1-12(2)14-5-7-17(18(10-14)13(3)4)15-6-8-19(20)16(9-15)11-21/h5-13H,1-4H3. The Morgan fingerprint density at radius 2 is 1.67 bits per heavy atom. The summed E-state index contributed by atoms with van der Waals surface area (Å²) in [6, 6.07) is 12.2. The van der Waals surface area contributed by atoms with E-state index in [0.717, 1.165) is 11.8 Å². The van der Waals surface area contributed by atoms with Crippen molar-refractivity contribution in [2.24, 2.45) is 0 Å². The highest BCUT2D eigenvalue weighted by molar-refractivity contribution is 6.33. The zero-order valence-electron chi connectivity index (χ0n) is 13.0. The largest absolute Gasteiger partial charge is 0.298 e. The van der Waals surface area contributed by atoms with E-state index in [9.17, 15) is 4.79 Å². The van der Waals surface area contributed by atoms with Crippen molar-refractivity contribution >= 4 is 17.9 Å². The van der Waals surface area contributed by atoms with E-state index in [2.05, 4.69) is 45.9 Å². The van der Waals surface area contributed by atoms with E-state index in [1.807, 2.05) is 12.1 Å². The number of benzene rings is 2. The molecule has 0 unspecified atom stereocenters. The molecular weight excluding hydrogens is 280 g/mol. The smallest absolute Gasteiger partial charge is 0.151 e. The molecule has 0 atom stereocenters. The van der Waals surface area contributed by atoms with Gasteiger partial charge in [0.25, 0.3) is 0 Å². The van der Waals surface area contributed by atoms with Crippen molar-refractivity contribution in [3.05, 3.63) is 58.1 Å². The van der Waals surface area contributed by atoms with Gasteiger partial charge < -0.3 is 0 Å². The Bertz CT molecular complexity index is 657. The first-order valence-electron chi connectivity index (χ1n) is 7.33. The van der Waals surface area contributed by atoms with Crippen LogP contribution in [0, 0.1) is 0 Å². The highest BCUT2D eigenvalue weighted by Crippen LogP contribution is 2.33. The molecule has 0 heterocycles. The Kier molecular flexibility index (Phi) is 4.84. The summed E-state index contributed by atoms with van der Waals surface area (Å²) in [5.74, 6) is 0.932. The molecule has 0 saturated heterocycles. The van der Waals surface area contributed by atoms with Gasteiger partial charge in [-0.15, -0.1) is 0 Å². The first-order chi connectivity index (χ1) is 9.93. The van der Waals surface area contributed by atoms with Gasteiger partial charge in [-0.05, 0) is 46.2 Å². The van der Waals surface area contributed by atoms with Gasteiger partial charge in [0, 0.05) is 5.56 Å². The summed E-state index contributed by atoms with van der Waals surface area (Å²) in [6.45, 7) is 8.79. The number of hydrogen-bond donors (Lipinski definition) is 0. The van der Waals surface area contributed by atoms with E-state index in [4.69, 9.17) is 11.6 Å². The molecule has 2 aromatic rings. The lowest BCUT2D eigenvalue weighted by Crippen LogP contribution is -1.97. The van der Waals surface area contributed by atoms with Crippen molar-refractivity contribution in [3.63, 3.8) is 0 Å². The van der Waals surface area contributed by atoms with Gasteiger partial charge in [0.15, 0.2) is 6.29 Å². The van der Waals surface area contributed by atoms with Crippen molar-refractivity contribution in [1.29, 1.82) is 0 Å². The molecule has 0 aliphatic heterocycles. The van der Waals surface area contributed by atoms with Crippen LogP contribution in [0.15, 0.2) is 36.4 Å². The molecule has 0 saturated carbocycles. The minimum atomic E-state index is 0.425. The molecule has 0 aromatic heterocycles. The Balaban J connectivity index is 2.60. The number of rotatable bonds is 4. The first-order valence-corrected chi connectivity index (χ1v) is 7.70. The normalized spacial score (nSPS) is 11.2. The molecule has 0 fully saturated rings. The minimum Gasteiger partial charge on any atom is -0.298 e. The van der Waals surface area contributed by atoms with Crippen LogP contribution in [0.3, 0.4) is 0 Å². The van der Waals surface area contributed by atoms with Crippen LogP contribution >= 0.6 is 11.6 Å². The highest BCUT2D eigenvalue weighted by Gasteiger charge is 2.12. The van der Waals surface area contributed by atoms with Gasteiger partial charge in [-0.2, -0.15) is 0 Å². The number of hydrogen-bond acceptors (Lipinski definition) is 1. The minimum absolute atomic E-state index is 0.425. The molecule has 2 heteroatoms. The lowest BCUT2D eigenvalue weighted by atomic mass is 9.88. The van der Waals surface area contributed by atoms with Crippen LogP contribution in [0.2, 0.25) is 5.02 Å². The SMILES string of the molecule is CC(C)c1ccc(-c2ccc(Cl)c(C=O)c2)c(C(C)C)c1. The molecule has 0 N–H and O–H groups in total. The van der Waals surface area contributed by atoms with Crippen molar-refractivity contribution in [3.8, 4) is 11.1 Å². The third-order valence-corrected chi connectivity index (χ3v) is 4.14. The molecular formula is C19H21ClO. The maximum atomic E-state index is 11.1. The topological polar surface area (TPSA) is 17.1 Å². The zero-order chi connectivity index (χ0) is 15.6. The summed E-state index contributed by atoms with van der Waals surface area (Å²) in [5.41, 5.74) is 5.40. The summed E-state index contributed by atoms with van der Waals surface area (Å²) >= 11 is 6.02. The van der Waals surface area contributed by atoms with E-state index < -0.39 is 0 Å². The van der Waals surface area contributed by atoms with Crippen molar-refractivity contribution in [2.75, 3.05) is 0 Å². The maximum Gasteiger partial charge on any atom is 0.151 e. The summed E-state index contributed by atoms with van der Waals surface area (Å²) in [6.07, 6.45) is 0.809. The fourth-order valence-electron chi connectivity index (χ4n) is 2.48. The molecule has 0 radical (unpaired) electrons. The van der Waals surface area contributed by atoms with Crippen LogP contribution in [-0.2, 0) is 0 Å². The molecule has 0 spiro atoms. The van der Waals surface area contributed by atoms with E-state index in [0.29, 0.717) is 22.4 Å². The zero-order valence-corrected chi connectivity index (χ0v) is 13.7. The fraction of sp³-hybridized carbons (Fsp3) is 0.316. The molecule has 2 rings (SSSR count). The summed E-state index contributed by atoms with van der Waals surface area (Å²) < 4.78 is 0. The summed E-state index contributed by atoms with van der Waals surface area (Å²) in [5, 5.41) is 0.499. The lowest BCUT2D eigenvalue weighted by molar-refractivity contribution is 0.112. The fourth-order valence-corrected chi connectivity index (χ4v) is 2.64. The summed E-state index contributed by atoms with van der Waals surface area (Å²) in [7, 11) is 0. The second-order valence-corrected chi connectivity index (χ2v) is 6.42. The van der Waals surface area contributed by atoms with Crippen molar-refractivity contribution in [1.82, 2.24) is 0 Å². The molecule has 0 bridgehead atoms. The monoisotopic (exact) mass is 300 g/mol. The number of carbonyl (C=O) groups is 1. The Hall–Kier alpha value is -1.60. The van der Waals surface area contributed by atoms with Gasteiger partial charge >= 0.3 is 0 Å². The van der Waals surface area contributed by atoms with Crippen LogP contribution in [-0.4, -0.2) is 6.29 Å². The Morgan fingerprint density at radius 1 is 0.952 bits per heavy atom. The number of carbonyl (C=O) groups excluding carboxylic acids is 1. The molecule has 2 aromatic carbocycles. The van der Waals surface area contributed by atoms with Crippen LogP contribution in [0.4, 0.5) is 0 Å². The van der Waals surface area contributed by atoms with E-state index in [1.165, 1.54) is 16.7 Å². The van der Waals surface area contributed by atoms with Crippen LogP contribution < -0.4 is 0 Å². The van der Waals surface area contributed by atoms with Gasteiger partial charge in [-0.25, -0.2) is 0 Å². The predicted octanol–water partition coefficient (Wildman–Crippen LogP) is 6.07. The van der Waals surface area contributed by atoms with Crippen molar-refractivity contribution in [2.45, 2.75) is 39.5 Å². The second kappa shape index (κ2) is 6.44. The summed E-state index contributed by atoms with van der Waals surface area (Å²) in [4.78, 5) is 11.1. The second-order valence-electron chi connectivity index (χ2n) is 6.01. The molecule has 1 nitrogen and oxygen atoms in total. The van der Waals surface area contributed by atoms with Crippen LogP contribution in [0.1, 0.15) is 61.0 Å². The van der Waals surface area contributed by atoms with Gasteiger partial charge in [-0.3, -0.25) is 4.79 Å². The van der Waals surface area contributed by atoms with Gasteiger partial charge in [-0.1, -0.05) is 63.6 Å². The first kappa shape index (κ1) is 15.8. The van der Waals surface area contributed by atoms with Gasteiger partial charge in [0.2, 0.25) is 0 Å². The number of aldehydes is 1. The molecule has 0 aliphatic rings. The van der Waals surface area contributed by atoms with E-state index in [-0.39, 0.29) is 0 Å². The third kappa shape index (κ3) is 3.36. The van der Waals surface area contributed by atoms with Gasteiger partial charge in [0.1, 0.15) is 0 Å². The molecule has 21 heavy (non-hydrogen) atoms. The Labute approximate surface area is 132 Å². The quantitative estimate of drug-likeness (QED) is 0.627. The van der Waals surface area contributed by atoms with Crippen LogP contribution in [0.25, 0.3) is 11.1 Å². The van der Waals surface area contributed by atoms with E-state index in [1.54, 1.807) is 6.07 Å². The highest BCUT2D eigenvalue weighted by atomic mass is 35.5. The maximum absolute atomic E-state index is 11.1. The number of halogens is 1. The third-order valence-electron chi connectivity index (χ3n) is 3.80. The van der Waals surface area contributed by atoms with Gasteiger partial charge in [0.05, 0.1) is 5.02 Å². The Morgan fingerprint density at radius 3 is 2.24 bits per heavy atom. The lowest BCUT2D eigenvalue weighted by Gasteiger charge is -2.17. The van der Waals surface area contributed by atoms with Crippen LogP contribution in [0.5, 0.6) is 0 Å². The average Bonchev–Trinajstić information content (AvgIpc) is 2.47.